The Bertz CT molecular complexity index is 383. The molecule has 0 amide bonds. The lowest BCUT2D eigenvalue weighted by Crippen LogP contribution is -2.18. The van der Waals surface area contributed by atoms with Gasteiger partial charge in [0.1, 0.15) is 9.50 Å². The smallest absolute Gasteiger partial charge is 0.244 e. The van der Waals surface area contributed by atoms with Crippen LogP contribution in [0.3, 0.4) is 0 Å². The highest BCUT2D eigenvalue weighted by Crippen LogP contribution is 2.19. The third-order valence-corrected chi connectivity index (χ3v) is 4.01. The number of aromatic nitrogens is 2. The van der Waals surface area contributed by atoms with E-state index in [0.29, 0.717) is 4.60 Å². The van der Waals surface area contributed by atoms with Crippen LogP contribution in [0.15, 0.2) is 15.7 Å². The van der Waals surface area contributed by atoms with Crippen LogP contribution < -0.4 is 4.72 Å². The van der Waals surface area contributed by atoms with Crippen LogP contribution in [-0.2, 0) is 17.1 Å². The molecule has 0 unspecified atom stereocenters. The van der Waals surface area contributed by atoms with E-state index in [-0.39, 0.29) is 4.90 Å². The standard InChI is InChI=1S/C5H8BrN3O2S/c1-7-12(10,11)4-3-8-9(2)5(4)6/h3,7H,1-2H3. The third kappa shape index (κ3) is 1.52. The molecule has 7 heteroatoms. The van der Waals surface area contributed by atoms with Crippen molar-refractivity contribution in [3.63, 3.8) is 0 Å². The Hall–Kier alpha value is -0.400. The van der Waals surface area contributed by atoms with Gasteiger partial charge in [0, 0.05) is 7.05 Å². The van der Waals surface area contributed by atoms with Crippen molar-refractivity contribution < 1.29 is 8.42 Å². The molecule has 1 aromatic heterocycles. The molecule has 0 bridgehead atoms. The van der Waals surface area contributed by atoms with Gasteiger partial charge in [-0.15, -0.1) is 0 Å². The molecule has 0 fully saturated rings. The summed E-state index contributed by atoms with van der Waals surface area (Å²) < 4.78 is 26.6. The minimum absolute atomic E-state index is 0.146. The van der Waals surface area contributed by atoms with Crippen molar-refractivity contribution in [2.75, 3.05) is 7.05 Å². The van der Waals surface area contributed by atoms with E-state index in [1.807, 2.05) is 0 Å². The molecule has 1 N–H and O–H groups in total. The average Bonchev–Trinajstić information content (AvgIpc) is 2.33. The normalized spacial score (nSPS) is 11.9. The predicted octanol–water partition coefficient (Wildman–Crippen LogP) is 0.0907. The lowest BCUT2D eigenvalue weighted by Gasteiger charge is -1.98. The van der Waals surface area contributed by atoms with Crippen molar-refractivity contribution in [3.05, 3.63) is 10.8 Å². The van der Waals surface area contributed by atoms with Gasteiger partial charge in [-0.1, -0.05) is 0 Å². The van der Waals surface area contributed by atoms with E-state index < -0.39 is 10.0 Å². The van der Waals surface area contributed by atoms with Crippen LogP contribution in [0.4, 0.5) is 0 Å². The summed E-state index contributed by atoms with van der Waals surface area (Å²) in [6.07, 6.45) is 1.29. The van der Waals surface area contributed by atoms with Crippen LogP contribution in [-0.4, -0.2) is 25.2 Å². The first-order valence-corrected chi connectivity index (χ1v) is 5.37. The van der Waals surface area contributed by atoms with E-state index in [0.717, 1.165) is 0 Å². The van der Waals surface area contributed by atoms with Gasteiger partial charge < -0.3 is 0 Å². The van der Waals surface area contributed by atoms with E-state index in [4.69, 9.17) is 0 Å². The zero-order valence-electron chi connectivity index (χ0n) is 6.57. The number of halogens is 1. The molecular formula is C5H8BrN3O2S. The summed E-state index contributed by atoms with van der Waals surface area (Å²) in [6, 6.07) is 0. The second kappa shape index (κ2) is 3.15. The number of hydrogen-bond acceptors (Lipinski definition) is 3. The Morgan fingerprint density at radius 1 is 1.67 bits per heavy atom. The lowest BCUT2D eigenvalue weighted by molar-refractivity contribution is 0.587. The third-order valence-electron chi connectivity index (χ3n) is 1.39. The fraction of sp³-hybridized carbons (Fsp3) is 0.400. The largest absolute Gasteiger partial charge is 0.260 e. The first-order chi connectivity index (χ1) is 5.49. The van der Waals surface area contributed by atoms with Crippen LogP contribution >= 0.6 is 15.9 Å². The average molecular weight is 254 g/mol. The van der Waals surface area contributed by atoms with E-state index in [2.05, 4.69) is 25.8 Å². The Morgan fingerprint density at radius 3 is 2.58 bits per heavy atom. The van der Waals surface area contributed by atoms with Gasteiger partial charge in [0.2, 0.25) is 10.0 Å². The molecule has 0 spiro atoms. The van der Waals surface area contributed by atoms with Crippen LogP contribution in [0.25, 0.3) is 0 Å². The zero-order chi connectivity index (χ0) is 9.35. The molecule has 0 saturated heterocycles. The predicted molar refractivity (Wildman–Crippen MR) is 47.2 cm³/mol. The fourth-order valence-corrected chi connectivity index (χ4v) is 2.29. The van der Waals surface area contributed by atoms with Crippen molar-refractivity contribution in [3.8, 4) is 0 Å². The molecule has 0 aliphatic carbocycles. The van der Waals surface area contributed by atoms with Gasteiger partial charge in [-0.3, -0.25) is 4.68 Å². The summed E-state index contributed by atoms with van der Waals surface area (Å²) in [5.41, 5.74) is 0. The van der Waals surface area contributed by atoms with Crippen molar-refractivity contribution in [2.24, 2.45) is 7.05 Å². The minimum atomic E-state index is -3.39. The first-order valence-electron chi connectivity index (χ1n) is 3.10. The Balaban J connectivity index is 3.30. The Labute approximate surface area is 78.9 Å². The summed E-state index contributed by atoms with van der Waals surface area (Å²) >= 11 is 3.11. The van der Waals surface area contributed by atoms with Crippen molar-refractivity contribution in [1.29, 1.82) is 0 Å². The number of nitrogens with zero attached hydrogens (tertiary/aromatic N) is 2. The second-order valence-electron chi connectivity index (χ2n) is 2.13. The number of sulfonamides is 1. The number of hydrogen-bond donors (Lipinski definition) is 1. The van der Waals surface area contributed by atoms with Crippen LogP contribution in [0.2, 0.25) is 0 Å². The Morgan fingerprint density at radius 2 is 2.25 bits per heavy atom. The Kier molecular flexibility index (Phi) is 2.55. The van der Waals surface area contributed by atoms with Crippen molar-refractivity contribution in [2.45, 2.75) is 4.90 Å². The maximum absolute atomic E-state index is 11.2. The van der Waals surface area contributed by atoms with Crippen molar-refractivity contribution in [1.82, 2.24) is 14.5 Å². The monoisotopic (exact) mass is 253 g/mol. The zero-order valence-corrected chi connectivity index (χ0v) is 8.98. The quantitative estimate of drug-likeness (QED) is 0.813. The molecule has 0 aromatic carbocycles. The van der Waals surface area contributed by atoms with Crippen LogP contribution in [0.5, 0.6) is 0 Å². The molecule has 0 radical (unpaired) electrons. The van der Waals surface area contributed by atoms with E-state index >= 15 is 0 Å². The second-order valence-corrected chi connectivity index (χ2v) is 4.74. The van der Waals surface area contributed by atoms with Gasteiger partial charge in [-0.2, -0.15) is 5.10 Å². The van der Waals surface area contributed by atoms with Gasteiger partial charge >= 0.3 is 0 Å². The van der Waals surface area contributed by atoms with Gasteiger partial charge in [0.25, 0.3) is 0 Å². The molecule has 5 nitrogen and oxygen atoms in total. The molecular weight excluding hydrogens is 246 g/mol. The first kappa shape index (κ1) is 9.69. The molecule has 1 aromatic rings. The summed E-state index contributed by atoms with van der Waals surface area (Å²) in [5, 5.41) is 3.78. The maximum Gasteiger partial charge on any atom is 0.244 e. The van der Waals surface area contributed by atoms with Crippen molar-refractivity contribution >= 4 is 26.0 Å². The van der Waals surface area contributed by atoms with Gasteiger partial charge in [0.05, 0.1) is 6.20 Å². The van der Waals surface area contributed by atoms with Crippen LogP contribution in [0, 0.1) is 0 Å². The molecule has 0 aliphatic rings. The highest BCUT2D eigenvalue weighted by Gasteiger charge is 2.18. The SMILES string of the molecule is CNS(=O)(=O)c1cnn(C)c1Br. The van der Waals surface area contributed by atoms with Gasteiger partial charge in [-0.05, 0) is 23.0 Å². The summed E-state index contributed by atoms with van der Waals surface area (Å²) in [6.45, 7) is 0. The van der Waals surface area contributed by atoms with E-state index in [1.165, 1.54) is 17.9 Å². The molecule has 0 aliphatic heterocycles. The van der Waals surface area contributed by atoms with E-state index in [9.17, 15) is 8.42 Å². The minimum Gasteiger partial charge on any atom is -0.260 e. The number of aryl methyl sites for hydroxylation is 1. The molecule has 0 atom stereocenters. The van der Waals surface area contributed by atoms with Crippen LogP contribution in [0.1, 0.15) is 0 Å². The number of rotatable bonds is 2. The molecule has 12 heavy (non-hydrogen) atoms. The summed E-state index contributed by atoms with van der Waals surface area (Å²) in [4.78, 5) is 0.146. The van der Waals surface area contributed by atoms with E-state index in [1.54, 1.807) is 7.05 Å². The topological polar surface area (TPSA) is 64.0 Å². The summed E-state index contributed by atoms with van der Waals surface area (Å²) in [5.74, 6) is 0. The molecule has 1 heterocycles. The molecule has 68 valence electrons. The fourth-order valence-electron chi connectivity index (χ4n) is 0.693. The lowest BCUT2D eigenvalue weighted by atomic mass is 10.7. The maximum atomic E-state index is 11.2. The molecule has 0 saturated carbocycles. The number of nitrogens with one attached hydrogen (secondary N) is 1. The van der Waals surface area contributed by atoms with Gasteiger partial charge in [0.15, 0.2) is 0 Å². The van der Waals surface area contributed by atoms with Gasteiger partial charge in [-0.25, -0.2) is 13.1 Å². The highest BCUT2D eigenvalue weighted by atomic mass is 79.9. The molecule has 1 rings (SSSR count). The highest BCUT2D eigenvalue weighted by molar-refractivity contribution is 9.10. The summed E-state index contributed by atoms with van der Waals surface area (Å²) in [7, 11) is -0.381.